The molecular weight excluding hydrogens is 200 g/mol. The van der Waals surface area contributed by atoms with Crippen molar-refractivity contribution in [3.63, 3.8) is 0 Å². The van der Waals surface area contributed by atoms with Gasteiger partial charge in [0, 0.05) is 19.6 Å². The first kappa shape index (κ1) is 13.3. The van der Waals surface area contributed by atoms with Gasteiger partial charge in [-0.3, -0.25) is 0 Å². The summed E-state index contributed by atoms with van der Waals surface area (Å²) in [5, 5.41) is 3.39. The second-order valence-corrected chi connectivity index (χ2v) is 4.54. The van der Waals surface area contributed by atoms with E-state index in [1.54, 1.807) is 6.26 Å². The van der Waals surface area contributed by atoms with Crippen LogP contribution in [0, 0.1) is 5.92 Å². The number of furan rings is 1. The third-order valence-electron chi connectivity index (χ3n) is 2.55. The zero-order valence-electron chi connectivity index (χ0n) is 10.7. The van der Waals surface area contributed by atoms with Gasteiger partial charge in [-0.05, 0) is 24.6 Å². The van der Waals surface area contributed by atoms with Crippen molar-refractivity contribution in [2.75, 3.05) is 26.2 Å². The Bertz CT molecular complexity index is 257. The van der Waals surface area contributed by atoms with Gasteiger partial charge in [-0.2, -0.15) is 0 Å². The summed E-state index contributed by atoms with van der Waals surface area (Å²) in [6, 6.07) is 3.92. The minimum atomic E-state index is 0.741. The molecule has 3 nitrogen and oxygen atoms in total. The lowest BCUT2D eigenvalue weighted by Crippen LogP contribution is -2.34. The summed E-state index contributed by atoms with van der Waals surface area (Å²) in [7, 11) is 0. The molecule has 0 spiro atoms. The van der Waals surface area contributed by atoms with Crippen molar-refractivity contribution in [2.24, 2.45) is 5.92 Å². The fourth-order valence-corrected chi connectivity index (χ4v) is 1.76. The molecule has 0 unspecified atom stereocenters. The number of nitrogens with zero attached hydrogens (tertiary/aromatic N) is 1. The van der Waals surface area contributed by atoms with E-state index in [4.69, 9.17) is 4.42 Å². The predicted molar refractivity (Wildman–Crippen MR) is 67.4 cm³/mol. The van der Waals surface area contributed by atoms with Crippen LogP contribution in [0.25, 0.3) is 0 Å². The minimum Gasteiger partial charge on any atom is -0.468 e. The van der Waals surface area contributed by atoms with Crippen LogP contribution in [-0.4, -0.2) is 31.1 Å². The lowest BCUT2D eigenvalue weighted by atomic mass is 10.2. The first-order chi connectivity index (χ1) is 7.72. The number of likely N-dealkylation sites (N-methyl/N-ethyl adjacent to an activating group) is 1. The molecule has 0 radical (unpaired) electrons. The molecule has 1 N–H and O–H groups in total. The topological polar surface area (TPSA) is 28.4 Å². The van der Waals surface area contributed by atoms with Crippen LogP contribution in [0.1, 0.15) is 26.5 Å². The molecule has 3 heteroatoms. The fraction of sp³-hybridized carbons (Fsp3) is 0.692. The number of nitrogens with one attached hydrogen (secondary N) is 1. The molecule has 1 heterocycles. The van der Waals surface area contributed by atoms with Gasteiger partial charge in [0.1, 0.15) is 5.76 Å². The van der Waals surface area contributed by atoms with Gasteiger partial charge in [-0.25, -0.2) is 0 Å². The maximum atomic E-state index is 5.26. The Morgan fingerprint density at radius 1 is 1.44 bits per heavy atom. The number of rotatable bonds is 8. The zero-order valence-corrected chi connectivity index (χ0v) is 10.7. The van der Waals surface area contributed by atoms with Crippen molar-refractivity contribution in [3.8, 4) is 0 Å². The summed E-state index contributed by atoms with van der Waals surface area (Å²) in [6.45, 7) is 12.0. The average molecular weight is 224 g/mol. The highest BCUT2D eigenvalue weighted by Crippen LogP contribution is 1.99. The Kier molecular flexibility index (Phi) is 6.19. The van der Waals surface area contributed by atoms with Crippen LogP contribution in [0.15, 0.2) is 22.8 Å². The third kappa shape index (κ3) is 5.33. The van der Waals surface area contributed by atoms with Gasteiger partial charge >= 0.3 is 0 Å². The van der Waals surface area contributed by atoms with E-state index >= 15 is 0 Å². The van der Waals surface area contributed by atoms with Gasteiger partial charge in [0.15, 0.2) is 0 Å². The van der Waals surface area contributed by atoms with E-state index in [9.17, 15) is 0 Å². The molecule has 0 aliphatic rings. The summed E-state index contributed by atoms with van der Waals surface area (Å²) in [4.78, 5) is 2.47. The SMILES string of the molecule is CCN(CCNCc1ccco1)CC(C)C. The maximum absolute atomic E-state index is 5.26. The van der Waals surface area contributed by atoms with Crippen LogP contribution >= 0.6 is 0 Å². The Morgan fingerprint density at radius 3 is 2.81 bits per heavy atom. The number of hydrogen-bond donors (Lipinski definition) is 1. The summed E-state index contributed by atoms with van der Waals surface area (Å²) < 4.78 is 5.26. The zero-order chi connectivity index (χ0) is 11.8. The van der Waals surface area contributed by atoms with Crippen LogP contribution in [0.4, 0.5) is 0 Å². The standard InChI is InChI=1S/C13H24N2O/c1-4-15(11-12(2)3)8-7-14-10-13-6-5-9-16-13/h5-6,9,12,14H,4,7-8,10-11H2,1-3H3. The Labute approximate surface area is 98.8 Å². The molecule has 0 aromatic carbocycles. The highest BCUT2D eigenvalue weighted by Gasteiger charge is 2.04. The third-order valence-corrected chi connectivity index (χ3v) is 2.55. The second-order valence-electron chi connectivity index (χ2n) is 4.54. The quantitative estimate of drug-likeness (QED) is 0.687. The molecule has 1 aromatic heterocycles. The van der Waals surface area contributed by atoms with E-state index in [0.29, 0.717) is 0 Å². The Hall–Kier alpha value is -0.800. The molecule has 0 atom stereocenters. The molecule has 0 saturated heterocycles. The van der Waals surface area contributed by atoms with Crippen molar-refractivity contribution in [3.05, 3.63) is 24.2 Å². The van der Waals surface area contributed by atoms with E-state index in [2.05, 4.69) is 31.0 Å². The molecule has 92 valence electrons. The molecule has 0 aliphatic heterocycles. The van der Waals surface area contributed by atoms with E-state index in [1.807, 2.05) is 12.1 Å². The van der Waals surface area contributed by atoms with Crippen molar-refractivity contribution < 1.29 is 4.42 Å². The van der Waals surface area contributed by atoms with Gasteiger partial charge in [0.25, 0.3) is 0 Å². The maximum Gasteiger partial charge on any atom is 0.117 e. The molecule has 0 amide bonds. The van der Waals surface area contributed by atoms with E-state index in [0.717, 1.165) is 37.9 Å². The number of hydrogen-bond acceptors (Lipinski definition) is 3. The first-order valence-electron chi connectivity index (χ1n) is 6.17. The summed E-state index contributed by atoms with van der Waals surface area (Å²) >= 11 is 0. The highest BCUT2D eigenvalue weighted by atomic mass is 16.3. The molecule has 1 aromatic rings. The summed E-state index contributed by atoms with van der Waals surface area (Å²) in [5.74, 6) is 1.75. The largest absolute Gasteiger partial charge is 0.468 e. The first-order valence-corrected chi connectivity index (χ1v) is 6.17. The van der Waals surface area contributed by atoms with Crippen LogP contribution in [0.5, 0.6) is 0 Å². The molecule has 1 rings (SSSR count). The van der Waals surface area contributed by atoms with Gasteiger partial charge in [-0.15, -0.1) is 0 Å². The molecule has 16 heavy (non-hydrogen) atoms. The molecule has 0 aliphatic carbocycles. The minimum absolute atomic E-state index is 0.741. The lowest BCUT2D eigenvalue weighted by molar-refractivity contribution is 0.255. The predicted octanol–water partition coefficient (Wildman–Crippen LogP) is 2.35. The van der Waals surface area contributed by atoms with Gasteiger partial charge in [0.2, 0.25) is 0 Å². The molecule has 0 saturated carbocycles. The van der Waals surface area contributed by atoms with Gasteiger partial charge in [-0.1, -0.05) is 20.8 Å². The Morgan fingerprint density at radius 2 is 2.25 bits per heavy atom. The van der Waals surface area contributed by atoms with Crippen molar-refractivity contribution >= 4 is 0 Å². The summed E-state index contributed by atoms with van der Waals surface area (Å²) in [6.07, 6.45) is 1.72. The van der Waals surface area contributed by atoms with Crippen LogP contribution in [-0.2, 0) is 6.54 Å². The fourth-order valence-electron chi connectivity index (χ4n) is 1.76. The lowest BCUT2D eigenvalue weighted by Gasteiger charge is -2.22. The van der Waals surface area contributed by atoms with E-state index in [1.165, 1.54) is 6.54 Å². The van der Waals surface area contributed by atoms with Crippen LogP contribution in [0.2, 0.25) is 0 Å². The second kappa shape index (κ2) is 7.47. The average Bonchev–Trinajstić information content (AvgIpc) is 2.74. The van der Waals surface area contributed by atoms with Gasteiger partial charge < -0.3 is 14.6 Å². The highest BCUT2D eigenvalue weighted by molar-refractivity contribution is 4.97. The monoisotopic (exact) mass is 224 g/mol. The normalized spacial score (nSPS) is 11.6. The van der Waals surface area contributed by atoms with E-state index < -0.39 is 0 Å². The Balaban J connectivity index is 2.09. The molecule has 0 fully saturated rings. The van der Waals surface area contributed by atoms with E-state index in [-0.39, 0.29) is 0 Å². The van der Waals surface area contributed by atoms with Crippen LogP contribution < -0.4 is 5.32 Å². The van der Waals surface area contributed by atoms with Gasteiger partial charge in [0.05, 0.1) is 12.8 Å². The van der Waals surface area contributed by atoms with Crippen molar-refractivity contribution in [1.82, 2.24) is 10.2 Å². The smallest absolute Gasteiger partial charge is 0.117 e. The summed E-state index contributed by atoms with van der Waals surface area (Å²) in [5.41, 5.74) is 0. The van der Waals surface area contributed by atoms with Crippen LogP contribution in [0.3, 0.4) is 0 Å². The molecular formula is C13H24N2O. The molecule has 0 bridgehead atoms. The van der Waals surface area contributed by atoms with Crippen molar-refractivity contribution in [2.45, 2.75) is 27.3 Å². The van der Waals surface area contributed by atoms with Crippen molar-refractivity contribution in [1.29, 1.82) is 0 Å².